The first-order valence-electron chi connectivity index (χ1n) is 7.23. The van der Waals surface area contributed by atoms with Crippen LogP contribution in [-0.4, -0.2) is 40.8 Å². The lowest BCUT2D eigenvalue weighted by atomic mass is 10.0. The number of aromatic amines is 1. The van der Waals surface area contributed by atoms with E-state index in [1.807, 2.05) is 13.8 Å². The minimum absolute atomic E-state index is 0.187. The molecule has 0 bridgehead atoms. The van der Waals surface area contributed by atoms with Gasteiger partial charge in [-0.1, -0.05) is 6.07 Å². The molecule has 1 N–H and O–H groups in total. The molecule has 5 nitrogen and oxygen atoms in total. The van der Waals surface area contributed by atoms with Crippen molar-refractivity contribution >= 4 is 5.91 Å². The van der Waals surface area contributed by atoms with Crippen LogP contribution in [0.3, 0.4) is 0 Å². The molecule has 1 aliphatic rings. The maximum Gasteiger partial charge on any atom is 0.254 e. The molecule has 1 aromatic heterocycles. The number of aryl methyl sites for hydroxylation is 2. The molecular formula is C16H18FN3O2. The number of nitrogens with one attached hydrogen (secondary N) is 1. The molecule has 1 aliphatic heterocycles. The predicted molar refractivity (Wildman–Crippen MR) is 79.1 cm³/mol. The van der Waals surface area contributed by atoms with E-state index in [1.54, 1.807) is 17.0 Å². The highest BCUT2D eigenvalue weighted by Crippen LogP contribution is 2.29. The minimum Gasteiger partial charge on any atom is -0.377 e. The van der Waals surface area contributed by atoms with Gasteiger partial charge < -0.3 is 9.64 Å². The van der Waals surface area contributed by atoms with Gasteiger partial charge in [0.1, 0.15) is 5.82 Å². The minimum atomic E-state index is -0.411. The van der Waals surface area contributed by atoms with Gasteiger partial charge in [0, 0.05) is 23.4 Å². The average molecular weight is 303 g/mol. The number of morpholine rings is 1. The van der Waals surface area contributed by atoms with E-state index in [2.05, 4.69) is 10.2 Å². The Kier molecular flexibility index (Phi) is 3.94. The fourth-order valence-corrected chi connectivity index (χ4v) is 2.92. The van der Waals surface area contributed by atoms with Crippen LogP contribution in [0, 0.1) is 19.7 Å². The molecular weight excluding hydrogens is 285 g/mol. The van der Waals surface area contributed by atoms with Crippen molar-refractivity contribution in [1.82, 2.24) is 15.1 Å². The fourth-order valence-electron chi connectivity index (χ4n) is 2.92. The summed E-state index contributed by atoms with van der Waals surface area (Å²) in [4.78, 5) is 14.5. The highest BCUT2D eigenvalue weighted by molar-refractivity contribution is 5.94. The fraction of sp³-hybridized carbons (Fsp3) is 0.375. The molecule has 0 saturated carbocycles. The summed E-state index contributed by atoms with van der Waals surface area (Å²) in [7, 11) is 0. The molecule has 3 rings (SSSR count). The summed E-state index contributed by atoms with van der Waals surface area (Å²) in [6.07, 6.45) is 0. The van der Waals surface area contributed by atoms with Crippen LogP contribution < -0.4 is 0 Å². The predicted octanol–water partition coefficient (Wildman–Crippen LogP) is 2.38. The second kappa shape index (κ2) is 5.88. The van der Waals surface area contributed by atoms with Gasteiger partial charge >= 0.3 is 0 Å². The number of halogens is 1. The summed E-state index contributed by atoms with van der Waals surface area (Å²) in [5.41, 5.74) is 3.10. The third-order valence-electron chi connectivity index (χ3n) is 3.98. The number of nitrogens with zero attached hydrogens (tertiary/aromatic N) is 2. The average Bonchev–Trinajstić information content (AvgIpc) is 2.85. The number of amides is 1. The first-order chi connectivity index (χ1) is 10.6. The molecule has 0 radical (unpaired) electrons. The lowest BCUT2D eigenvalue weighted by Gasteiger charge is -2.36. The van der Waals surface area contributed by atoms with Crippen molar-refractivity contribution in [2.24, 2.45) is 0 Å². The van der Waals surface area contributed by atoms with Gasteiger partial charge in [-0.25, -0.2) is 4.39 Å². The molecule has 22 heavy (non-hydrogen) atoms. The van der Waals surface area contributed by atoms with Crippen molar-refractivity contribution in [3.8, 4) is 0 Å². The molecule has 2 aromatic rings. The molecule has 6 heteroatoms. The highest BCUT2D eigenvalue weighted by atomic mass is 19.1. The smallest absolute Gasteiger partial charge is 0.254 e. The zero-order valence-corrected chi connectivity index (χ0v) is 12.6. The van der Waals surface area contributed by atoms with Gasteiger partial charge in [0.2, 0.25) is 0 Å². The Morgan fingerprint density at radius 2 is 2.27 bits per heavy atom. The van der Waals surface area contributed by atoms with Crippen LogP contribution in [0.15, 0.2) is 24.3 Å². The molecule has 1 atom stereocenters. The van der Waals surface area contributed by atoms with E-state index in [0.717, 1.165) is 17.0 Å². The molecule has 0 aliphatic carbocycles. The van der Waals surface area contributed by atoms with Gasteiger partial charge in [-0.2, -0.15) is 5.10 Å². The van der Waals surface area contributed by atoms with E-state index >= 15 is 0 Å². The van der Waals surface area contributed by atoms with Gasteiger partial charge in [-0.3, -0.25) is 9.89 Å². The van der Waals surface area contributed by atoms with Crippen LogP contribution in [0.4, 0.5) is 4.39 Å². The van der Waals surface area contributed by atoms with Crippen LogP contribution in [0.2, 0.25) is 0 Å². The molecule has 2 heterocycles. The van der Waals surface area contributed by atoms with Gasteiger partial charge in [0.15, 0.2) is 0 Å². The van der Waals surface area contributed by atoms with Crippen LogP contribution in [0.5, 0.6) is 0 Å². The first kappa shape index (κ1) is 14.7. The normalized spacial score (nSPS) is 18.5. The second-order valence-corrected chi connectivity index (χ2v) is 5.45. The molecule has 1 fully saturated rings. The number of H-pyrrole nitrogens is 1. The number of hydrogen-bond acceptors (Lipinski definition) is 3. The summed E-state index contributed by atoms with van der Waals surface area (Å²) in [6.45, 7) is 5.20. The number of ether oxygens (including phenoxy) is 1. The SMILES string of the molecule is Cc1n[nH]c(C)c1C1COCCN1C(=O)c1cccc(F)c1. The molecule has 1 aromatic carbocycles. The Balaban J connectivity index is 1.95. The molecule has 1 unspecified atom stereocenters. The summed E-state index contributed by atoms with van der Waals surface area (Å²) in [5, 5.41) is 7.13. The third-order valence-corrected chi connectivity index (χ3v) is 3.98. The van der Waals surface area contributed by atoms with E-state index in [1.165, 1.54) is 12.1 Å². The van der Waals surface area contributed by atoms with E-state index in [-0.39, 0.29) is 11.9 Å². The first-order valence-corrected chi connectivity index (χ1v) is 7.23. The standard InChI is InChI=1S/C16H18FN3O2/c1-10-15(11(2)19-18-10)14-9-22-7-6-20(14)16(21)12-4-3-5-13(17)8-12/h3-5,8,14H,6-7,9H2,1-2H3,(H,18,19). The maximum absolute atomic E-state index is 13.4. The highest BCUT2D eigenvalue weighted by Gasteiger charge is 2.32. The monoisotopic (exact) mass is 303 g/mol. The van der Waals surface area contributed by atoms with Gasteiger partial charge in [-0.15, -0.1) is 0 Å². The number of carbonyl (C=O) groups is 1. The van der Waals surface area contributed by atoms with Crippen LogP contribution in [-0.2, 0) is 4.74 Å². The van der Waals surface area contributed by atoms with E-state index in [9.17, 15) is 9.18 Å². The van der Waals surface area contributed by atoms with Crippen molar-refractivity contribution in [1.29, 1.82) is 0 Å². The van der Waals surface area contributed by atoms with Crippen molar-refractivity contribution < 1.29 is 13.9 Å². The summed E-state index contributed by atoms with van der Waals surface area (Å²) >= 11 is 0. The summed E-state index contributed by atoms with van der Waals surface area (Å²) < 4.78 is 18.9. The Bertz CT molecular complexity index is 679. The van der Waals surface area contributed by atoms with Gasteiger partial charge in [-0.05, 0) is 32.0 Å². The number of aromatic nitrogens is 2. The molecule has 0 spiro atoms. The number of benzene rings is 1. The van der Waals surface area contributed by atoms with Crippen molar-refractivity contribution in [3.63, 3.8) is 0 Å². The van der Waals surface area contributed by atoms with Crippen molar-refractivity contribution in [2.75, 3.05) is 19.8 Å². The molecule has 116 valence electrons. The Morgan fingerprint density at radius 1 is 1.45 bits per heavy atom. The summed E-state index contributed by atoms with van der Waals surface area (Å²) in [6, 6.07) is 5.57. The van der Waals surface area contributed by atoms with E-state index in [0.29, 0.717) is 25.3 Å². The van der Waals surface area contributed by atoms with Crippen LogP contribution in [0.25, 0.3) is 0 Å². The second-order valence-electron chi connectivity index (χ2n) is 5.45. The van der Waals surface area contributed by atoms with Crippen LogP contribution >= 0.6 is 0 Å². The third kappa shape index (κ3) is 2.62. The van der Waals surface area contributed by atoms with Gasteiger partial charge in [0.05, 0.1) is 24.9 Å². The Hall–Kier alpha value is -2.21. The zero-order valence-electron chi connectivity index (χ0n) is 12.6. The Labute approximate surface area is 128 Å². The van der Waals surface area contributed by atoms with E-state index in [4.69, 9.17) is 4.74 Å². The number of hydrogen-bond donors (Lipinski definition) is 1. The van der Waals surface area contributed by atoms with E-state index < -0.39 is 5.82 Å². The zero-order chi connectivity index (χ0) is 15.7. The quantitative estimate of drug-likeness (QED) is 0.926. The number of rotatable bonds is 2. The largest absolute Gasteiger partial charge is 0.377 e. The topological polar surface area (TPSA) is 58.2 Å². The lowest BCUT2D eigenvalue weighted by Crippen LogP contribution is -2.43. The van der Waals surface area contributed by atoms with Crippen molar-refractivity contribution in [3.05, 3.63) is 52.6 Å². The maximum atomic E-state index is 13.4. The van der Waals surface area contributed by atoms with Crippen molar-refractivity contribution in [2.45, 2.75) is 19.9 Å². The lowest BCUT2D eigenvalue weighted by molar-refractivity contribution is -0.00303. The number of carbonyl (C=O) groups excluding carboxylic acids is 1. The molecule has 1 saturated heterocycles. The van der Waals surface area contributed by atoms with Gasteiger partial charge in [0.25, 0.3) is 5.91 Å². The van der Waals surface area contributed by atoms with Crippen LogP contribution in [0.1, 0.15) is 33.4 Å². The molecule has 1 amide bonds. The summed E-state index contributed by atoms with van der Waals surface area (Å²) in [5.74, 6) is -0.598. The Morgan fingerprint density at radius 3 is 2.95 bits per heavy atom.